The highest BCUT2D eigenvalue weighted by Gasteiger charge is 2.38. The summed E-state index contributed by atoms with van der Waals surface area (Å²) in [7, 11) is 0. The lowest BCUT2D eigenvalue weighted by Crippen LogP contribution is -2.30. The second-order valence-corrected chi connectivity index (χ2v) is 5.08. The lowest BCUT2D eigenvalue weighted by atomic mass is 10.1. The highest BCUT2D eigenvalue weighted by atomic mass is 19.4. The minimum atomic E-state index is -4.52. The smallest absolute Gasteiger partial charge is 0.305 e. The van der Waals surface area contributed by atoms with E-state index < -0.39 is 23.4 Å². The molecule has 0 saturated carbocycles. The van der Waals surface area contributed by atoms with Gasteiger partial charge in [0.1, 0.15) is 0 Å². The molecule has 0 atom stereocenters. The van der Waals surface area contributed by atoms with Crippen LogP contribution in [0.15, 0.2) is 18.2 Å². The first-order valence-electron chi connectivity index (χ1n) is 6.93. The molecule has 0 spiro atoms. The van der Waals surface area contributed by atoms with Gasteiger partial charge < -0.3 is 4.90 Å². The number of ketones is 1. The standard InChI is InChI=1S/C15H16F3NO2/c1-2-3-4-5-8-19-12-7-6-10(15(16,17)18)9-11(12)13(20)14(19)21/h6-7,9H,2-5,8H2,1H3. The van der Waals surface area contributed by atoms with E-state index in [9.17, 15) is 22.8 Å². The molecule has 1 aliphatic heterocycles. The third kappa shape index (κ3) is 3.09. The van der Waals surface area contributed by atoms with E-state index in [2.05, 4.69) is 6.92 Å². The van der Waals surface area contributed by atoms with Gasteiger partial charge in [-0.05, 0) is 24.6 Å². The predicted octanol–water partition coefficient (Wildman–Crippen LogP) is 3.82. The molecule has 0 fully saturated rings. The molecule has 0 saturated heterocycles. The van der Waals surface area contributed by atoms with Crippen LogP contribution in [0.4, 0.5) is 18.9 Å². The molecule has 114 valence electrons. The summed E-state index contributed by atoms with van der Waals surface area (Å²) in [5, 5.41) is 0. The average molecular weight is 299 g/mol. The SMILES string of the molecule is CCCCCCN1C(=O)C(=O)c2cc(C(F)(F)F)ccc21. The number of amides is 1. The fourth-order valence-corrected chi connectivity index (χ4v) is 2.40. The zero-order valence-corrected chi connectivity index (χ0v) is 11.7. The highest BCUT2D eigenvalue weighted by Crippen LogP contribution is 2.36. The van der Waals surface area contributed by atoms with E-state index in [1.54, 1.807) is 0 Å². The average Bonchev–Trinajstić information content (AvgIpc) is 2.67. The molecule has 21 heavy (non-hydrogen) atoms. The van der Waals surface area contributed by atoms with E-state index in [0.29, 0.717) is 6.54 Å². The van der Waals surface area contributed by atoms with Crippen LogP contribution in [0.3, 0.4) is 0 Å². The van der Waals surface area contributed by atoms with Crippen LogP contribution in [0.1, 0.15) is 48.5 Å². The number of alkyl halides is 3. The van der Waals surface area contributed by atoms with E-state index in [4.69, 9.17) is 0 Å². The number of fused-ring (bicyclic) bond motifs is 1. The van der Waals surface area contributed by atoms with Crippen molar-refractivity contribution in [3.05, 3.63) is 29.3 Å². The third-order valence-corrected chi connectivity index (χ3v) is 3.53. The number of Topliss-reactive ketones (excluding diaryl/α,β-unsaturated/α-hetero) is 1. The fourth-order valence-electron chi connectivity index (χ4n) is 2.40. The third-order valence-electron chi connectivity index (χ3n) is 3.53. The van der Waals surface area contributed by atoms with E-state index in [0.717, 1.165) is 37.8 Å². The molecular formula is C15H16F3NO2. The van der Waals surface area contributed by atoms with Gasteiger partial charge in [-0.3, -0.25) is 9.59 Å². The summed E-state index contributed by atoms with van der Waals surface area (Å²) >= 11 is 0. The number of carbonyl (C=O) groups is 2. The summed E-state index contributed by atoms with van der Waals surface area (Å²) in [6.45, 7) is 2.42. The van der Waals surface area contributed by atoms with Crippen molar-refractivity contribution in [2.24, 2.45) is 0 Å². The van der Waals surface area contributed by atoms with Crippen molar-refractivity contribution in [2.75, 3.05) is 11.4 Å². The molecule has 0 radical (unpaired) electrons. The summed E-state index contributed by atoms with van der Waals surface area (Å²) in [4.78, 5) is 25.0. The van der Waals surface area contributed by atoms with Crippen LogP contribution in [0.5, 0.6) is 0 Å². The van der Waals surface area contributed by atoms with Crippen LogP contribution in [0, 0.1) is 0 Å². The second kappa shape index (κ2) is 5.87. The number of halogens is 3. The van der Waals surface area contributed by atoms with Crippen molar-refractivity contribution in [2.45, 2.75) is 38.8 Å². The molecule has 1 amide bonds. The minimum Gasteiger partial charge on any atom is -0.305 e. The van der Waals surface area contributed by atoms with Gasteiger partial charge in [-0.15, -0.1) is 0 Å². The van der Waals surface area contributed by atoms with Gasteiger partial charge in [-0.25, -0.2) is 0 Å². The Morgan fingerprint density at radius 1 is 1.10 bits per heavy atom. The Morgan fingerprint density at radius 3 is 2.43 bits per heavy atom. The number of nitrogens with zero attached hydrogens (tertiary/aromatic N) is 1. The van der Waals surface area contributed by atoms with Crippen LogP contribution in [0.2, 0.25) is 0 Å². The van der Waals surface area contributed by atoms with Gasteiger partial charge in [0.05, 0.1) is 16.8 Å². The van der Waals surface area contributed by atoms with Crippen LogP contribution >= 0.6 is 0 Å². The zero-order valence-electron chi connectivity index (χ0n) is 11.7. The Hall–Kier alpha value is -1.85. The van der Waals surface area contributed by atoms with Crippen molar-refractivity contribution in [3.63, 3.8) is 0 Å². The predicted molar refractivity (Wildman–Crippen MR) is 72.3 cm³/mol. The Balaban J connectivity index is 2.22. The topological polar surface area (TPSA) is 37.4 Å². The Bertz CT molecular complexity index is 567. The summed E-state index contributed by atoms with van der Waals surface area (Å²) in [6, 6.07) is 2.88. The van der Waals surface area contributed by atoms with Gasteiger partial charge in [0.2, 0.25) is 0 Å². The van der Waals surface area contributed by atoms with Crippen molar-refractivity contribution in [1.29, 1.82) is 0 Å². The first-order valence-corrected chi connectivity index (χ1v) is 6.93. The number of benzene rings is 1. The Morgan fingerprint density at radius 2 is 1.81 bits per heavy atom. The van der Waals surface area contributed by atoms with Crippen molar-refractivity contribution in [1.82, 2.24) is 0 Å². The summed E-state index contributed by atoms with van der Waals surface area (Å²) in [5.74, 6) is -1.59. The van der Waals surface area contributed by atoms with Crippen molar-refractivity contribution >= 4 is 17.4 Å². The van der Waals surface area contributed by atoms with Gasteiger partial charge in [-0.2, -0.15) is 13.2 Å². The number of rotatable bonds is 5. The number of hydrogen-bond donors (Lipinski definition) is 0. The molecular weight excluding hydrogens is 283 g/mol. The first kappa shape index (κ1) is 15.5. The Kier molecular flexibility index (Phi) is 4.34. The maximum Gasteiger partial charge on any atom is 0.416 e. The molecule has 0 aromatic heterocycles. The first-order chi connectivity index (χ1) is 9.86. The van der Waals surface area contributed by atoms with E-state index in [-0.39, 0.29) is 11.3 Å². The fraction of sp³-hybridized carbons (Fsp3) is 0.467. The second-order valence-electron chi connectivity index (χ2n) is 5.08. The lowest BCUT2D eigenvalue weighted by Gasteiger charge is -2.16. The van der Waals surface area contributed by atoms with E-state index in [1.165, 1.54) is 11.0 Å². The van der Waals surface area contributed by atoms with Crippen molar-refractivity contribution < 1.29 is 22.8 Å². The molecule has 0 bridgehead atoms. The van der Waals surface area contributed by atoms with Gasteiger partial charge in [0, 0.05) is 6.54 Å². The summed E-state index contributed by atoms with van der Waals surface area (Å²) in [5.41, 5.74) is -0.768. The molecule has 0 N–H and O–H groups in total. The van der Waals surface area contributed by atoms with Crippen LogP contribution in [0.25, 0.3) is 0 Å². The van der Waals surface area contributed by atoms with Gasteiger partial charge in [0.25, 0.3) is 11.7 Å². The molecule has 0 aliphatic carbocycles. The monoisotopic (exact) mass is 299 g/mol. The number of hydrogen-bond acceptors (Lipinski definition) is 2. The maximum absolute atomic E-state index is 12.7. The highest BCUT2D eigenvalue weighted by molar-refractivity contribution is 6.52. The van der Waals surface area contributed by atoms with E-state index in [1.807, 2.05) is 0 Å². The summed E-state index contributed by atoms with van der Waals surface area (Å²) in [6.07, 6.45) is -0.807. The number of unbranched alkanes of at least 4 members (excludes halogenated alkanes) is 3. The van der Waals surface area contributed by atoms with Gasteiger partial charge in [-0.1, -0.05) is 26.2 Å². The lowest BCUT2D eigenvalue weighted by molar-refractivity contribution is -0.137. The molecule has 3 nitrogen and oxygen atoms in total. The molecule has 2 rings (SSSR count). The molecule has 1 aliphatic rings. The summed E-state index contributed by atoms with van der Waals surface area (Å²) < 4.78 is 38.0. The van der Waals surface area contributed by atoms with Gasteiger partial charge in [0.15, 0.2) is 0 Å². The zero-order chi connectivity index (χ0) is 15.6. The van der Waals surface area contributed by atoms with Gasteiger partial charge >= 0.3 is 6.18 Å². The molecule has 6 heteroatoms. The number of anilines is 1. The Labute approximate surface area is 120 Å². The largest absolute Gasteiger partial charge is 0.416 e. The van der Waals surface area contributed by atoms with Crippen LogP contribution in [-0.4, -0.2) is 18.2 Å². The van der Waals surface area contributed by atoms with Crippen molar-refractivity contribution in [3.8, 4) is 0 Å². The maximum atomic E-state index is 12.7. The number of carbonyl (C=O) groups excluding carboxylic acids is 2. The minimum absolute atomic E-state index is 0.148. The van der Waals surface area contributed by atoms with Crippen LogP contribution < -0.4 is 4.90 Å². The normalized spacial score (nSPS) is 14.8. The quantitative estimate of drug-likeness (QED) is 0.612. The molecule has 0 unspecified atom stereocenters. The molecule has 1 heterocycles. The van der Waals surface area contributed by atoms with E-state index >= 15 is 0 Å². The molecule has 1 aromatic rings. The molecule has 1 aromatic carbocycles. The van der Waals surface area contributed by atoms with Crippen LogP contribution in [-0.2, 0) is 11.0 Å².